The Morgan fingerprint density at radius 2 is 2.29 bits per heavy atom. The average molecular weight is 220 g/mol. The van der Waals surface area contributed by atoms with E-state index in [0.717, 1.165) is 22.2 Å². The molecule has 0 radical (unpaired) electrons. The Bertz CT molecular complexity index is 424. The van der Waals surface area contributed by atoms with Gasteiger partial charge in [0, 0.05) is 16.1 Å². The highest BCUT2D eigenvalue weighted by molar-refractivity contribution is 8.03. The number of nitrogens with zero attached hydrogens (tertiary/aromatic N) is 1. The summed E-state index contributed by atoms with van der Waals surface area (Å²) in [6.45, 7) is 0. The van der Waals surface area contributed by atoms with Crippen LogP contribution in [0.3, 0.4) is 0 Å². The summed E-state index contributed by atoms with van der Waals surface area (Å²) < 4.78 is 0. The third-order valence-corrected chi connectivity index (χ3v) is 2.23. The third kappa shape index (κ3) is 2.92. The topological polar surface area (TPSA) is 49.8 Å². The van der Waals surface area contributed by atoms with E-state index in [4.69, 9.17) is 11.0 Å². The maximum Gasteiger partial charge on any atom is 0.138 e. The Labute approximate surface area is 92.9 Å². The number of thioether (sulfide) groups is 1. The van der Waals surface area contributed by atoms with Gasteiger partial charge in [-0.25, -0.2) is 0 Å². The number of thiol groups is 1. The van der Waals surface area contributed by atoms with E-state index in [1.807, 2.05) is 5.40 Å². The van der Waals surface area contributed by atoms with Crippen molar-refractivity contribution in [2.75, 3.05) is 11.5 Å². The van der Waals surface area contributed by atoms with E-state index in [-0.39, 0.29) is 0 Å². The highest BCUT2D eigenvalue weighted by Gasteiger charge is 1.98. The first-order chi connectivity index (χ1) is 6.77. The van der Waals surface area contributed by atoms with Gasteiger partial charge in [-0.1, -0.05) is 11.8 Å². The van der Waals surface area contributed by atoms with Crippen LogP contribution < -0.4 is 5.73 Å². The Hall–Kier alpha value is -1.23. The summed E-state index contributed by atoms with van der Waals surface area (Å²) in [5.74, 6) is 6.20. The molecule has 0 aromatic heterocycles. The quantitative estimate of drug-likeness (QED) is 0.250. The van der Waals surface area contributed by atoms with Gasteiger partial charge in [-0.2, -0.15) is 17.9 Å². The van der Waals surface area contributed by atoms with Gasteiger partial charge in [0.15, 0.2) is 0 Å². The molecule has 1 aromatic rings. The molecular weight excluding hydrogens is 212 g/mol. The Balaban J connectivity index is 3.03. The molecule has 0 heterocycles. The highest BCUT2D eigenvalue weighted by Crippen LogP contribution is 2.21. The Morgan fingerprint density at radius 3 is 2.93 bits per heavy atom. The van der Waals surface area contributed by atoms with Crippen LogP contribution in [0.1, 0.15) is 5.56 Å². The van der Waals surface area contributed by atoms with Crippen LogP contribution in [0.4, 0.5) is 5.69 Å². The van der Waals surface area contributed by atoms with E-state index in [0.29, 0.717) is 11.4 Å². The molecule has 0 bridgehead atoms. The summed E-state index contributed by atoms with van der Waals surface area (Å²) in [7, 11) is 0. The summed E-state index contributed by atoms with van der Waals surface area (Å²) >= 11 is 5.08. The maximum atomic E-state index is 8.49. The second-order valence-corrected chi connectivity index (χ2v) is 3.58. The molecule has 1 rings (SSSR count). The van der Waals surface area contributed by atoms with Crippen LogP contribution in [-0.2, 0) is 0 Å². The zero-order valence-corrected chi connectivity index (χ0v) is 9.03. The van der Waals surface area contributed by atoms with Gasteiger partial charge in [0.2, 0.25) is 0 Å². The van der Waals surface area contributed by atoms with E-state index in [2.05, 4.69) is 24.5 Å². The molecule has 0 saturated heterocycles. The van der Waals surface area contributed by atoms with Gasteiger partial charge >= 0.3 is 0 Å². The summed E-state index contributed by atoms with van der Waals surface area (Å²) in [6, 6.07) is 5.36. The molecule has 0 atom stereocenters. The zero-order valence-electron chi connectivity index (χ0n) is 7.32. The number of rotatable bonds is 1. The van der Waals surface area contributed by atoms with Crippen molar-refractivity contribution in [1.29, 1.82) is 5.26 Å². The van der Waals surface area contributed by atoms with Crippen LogP contribution in [-0.4, -0.2) is 5.75 Å². The highest BCUT2D eigenvalue weighted by atomic mass is 32.2. The molecular formula is C10H8N2S2. The fourth-order valence-electron chi connectivity index (χ4n) is 0.895. The molecule has 1 aromatic carbocycles. The monoisotopic (exact) mass is 220 g/mol. The van der Waals surface area contributed by atoms with E-state index in [1.54, 1.807) is 18.2 Å². The summed E-state index contributed by atoms with van der Waals surface area (Å²) in [5.41, 5.74) is 7.08. The molecule has 2 nitrogen and oxygen atoms in total. The number of nitrogen functional groups attached to an aromatic ring is 1. The number of benzene rings is 1. The molecule has 14 heavy (non-hydrogen) atoms. The SMILES string of the molecule is N#CSc1ccc(N)c(C#CCS)c1. The van der Waals surface area contributed by atoms with Crippen LogP contribution in [0, 0.1) is 22.5 Å². The van der Waals surface area contributed by atoms with Crippen molar-refractivity contribution in [3.05, 3.63) is 23.8 Å². The van der Waals surface area contributed by atoms with E-state index in [1.165, 1.54) is 0 Å². The van der Waals surface area contributed by atoms with E-state index >= 15 is 0 Å². The molecule has 0 aliphatic rings. The molecule has 4 heteroatoms. The van der Waals surface area contributed by atoms with Gasteiger partial charge in [0.05, 0.1) is 5.75 Å². The lowest BCUT2D eigenvalue weighted by Crippen LogP contribution is -1.89. The minimum absolute atomic E-state index is 0.495. The molecule has 2 N–H and O–H groups in total. The fraction of sp³-hybridized carbons (Fsp3) is 0.100. The minimum atomic E-state index is 0.495. The largest absolute Gasteiger partial charge is 0.398 e. The first kappa shape index (κ1) is 10.8. The van der Waals surface area contributed by atoms with Gasteiger partial charge in [-0.3, -0.25) is 0 Å². The number of anilines is 1. The lowest BCUT2D eigenvalue weighted by atomic mass is 10.2. The molecule has 0 aliphatic carbocycles. The van der Waals surface area contributed by atoms with Crippen molar-refractivity contribution in [2.45, 2.75) is 4.90 Å². The first-order valence-electron chi connectivity index (χ1n) is 3.83. The Kier molecular flexibility index (Phi) is 4.25. The molecule has 0 spiro atoms. The number of nitriles is 1. The van der Waals surface area contributed by atoms with Crippen LogP contribution in [0.2, 0.25) is 0 Å². The zero-order chi connectivity index (χ0) is 10.4. The van der Waals surface area contributed by atoms with Crippen molar-refractivity contribution in [3.8, 4) is 17.2 Å². The van der Waals surface area contributed by atoms with Crippen LogP contribution in [0.5, 0.6) is 0 Å². The van der Waals surface area contributed by atoms with Crippen molar-refractivity contribution < 1.29 is 0 Å². The normalized spacial score (nSPS) is 8.57. The first-order valence-corrected chi connectivity index (χ1v) is 5.28. The fourth-order valence-corrected chi connectivity index (χ4v) is 1.39. The van der Waals surface area contributed by atoms with Gasteiger partial charge in [0.25, 0.3) is 0 Å². The average Bonchev–Trinajstić information content (AvgIpc) is 2.19. The maximum absolute atomic E-state index is 8.49. The molecule has 70 valence electrons. The van der Waals surface area contributed by atoms with Gasteiger partial charge in [-0.05, 0) is 30.0 Å². The smallest absolute Gasteiger partial charge is 0.138 e. The molecule has 0 saturated carbocycles. The van der Waals surface area contributed by atoms with Crippen molar-refractivity contribution in [1.82, 2.24) is 0 Å². The van der Waals surface area contributed by atoms with E-state index < -0.39 is 0 Å². The summed E-state index contributed by atoms with van der Waals surface area (Å²) in [5, 5.41) is 10.5. The van der Waals surface area contributed by atoms with Crippen molar-refractivity contribution >= 4 is 30.1 Å². The number of nitrogens with two attached hydrogens (primary N) is 1. The van der Waals surface area contributed by atoms with Gasteiger partial charge in [0.1, 0.15) is 5.40 Å². The molecule has 0 aliphatic heterocycles. The van der Waals surface area contributed by atoms with Crippen LogP contribution >= 0.6 is 24.4 Å². The molecule has 0 amide bonds. The lowest BCUT2D eigenvalue weighted by molar-refractivity contribution is 1.44. The predicted molar refractivity (Wildman–Crippen MR) is 63.1 cm³/mol. The summed E-state index contributed by atoms with van der Waals surface area (Å²) in [6.07, 6.45) is 0. The van der Waals surface area contributed by atoms with Gasteiger partial charge in [-0.15, -0.1) is 0 Å². The minimum Gasteiger partial charge on any atom is -0.398 e. The molecule has 0 fully saturated rings. The molecule has 0 unspecified atom stereocenters. The Morgan fingerprint density at radius 1 is 1.50 bits per heavy atom. The number of thiocyanates is 1. The van der Waals surface area contributed by atoms with Gasteiger partial charge < -0.3 is 5.73 Å². The third-order valence-electron chi connectivity index (χ3n) is 1.49. The second kappa shape index (κ2) is 5.49. The number of hydrogen-bond donors (Lipinski definition) is 2. The predicted octanol–water partition coefficient (Wildman–Crippen LogP) is 2.12. The summed E-state index contributed by atoms with van der Waals surface area (Å²) in [4.78, 5) is 0.852. The van der Waals surface area contributed by atoms with Crippen molar-refractivity contribution in [3.63, 3.8) is 0 Å². The standard InChI is InChI=1S/C10H8N2S2/c11-7-14-9-3-4-10(12)8(6-9)2-1-5-13/h3-4,6,13H,5,12H2. The van der Waals surface area contributed by atoms with Crippen LogP contribution in [0.25, 0.3) is 0 Å². The van der Waals surface area contributed by atoms with E-state index in [9.17, 15) is 0 Å². The van der Waals surface area contributed by atoms with Crippen molar-refractivity contribution in [2.24, 2.45) is 0 Å². The second-order valence-electron chi connectivity index (χ2n) is 2.40. The lowest BCUT2D eigenvalue weighted by Gasteiger charge is -1.99. The van der Waals surface area contributed by atoms with Crippen LogP contribution in [0.15, 0.2) is 23.1 Å². The number of hydrogen-bond acceptors (Lipinski definition) is 4.